The van der Waals surface area contributed by atoms with Crippen LogP contribution < -0.4 is 10.1 Å². The van der Waals surface area contributed by atoms with Crippen molar-refractivity contribution in [1.82, 2.24) is 0 Å². The van der Waals surface area contributed by atoms with Crippen LogP contribution in [0.2, 0.25) is 0 Å². The maximum Gasteiger partial charge on any atom is 0.221 e. The molecule has 0 aromatic heterocycles. The van der Waals surface area contributed by atoms with E-state index in [0.29, 0.717) is 11.4 Å². The molecule has 0 aliphatic heterocycles. The quantitative estimate of drug-likeness (QED) is 0.808. The lowest BCUT2D eigenvalue weighted by atomic mass is 10.3. The van der Waals surface area contributed by atoms with Crippen molar-refractivity contribution in [3.05, 3.63) is 24.3 Å². The fraction of sp³-hybridized carbons (Fsp3) is 0.333. The Labute approximate surface area is 99.7 Å². The molecule has 0 aliphatic rings. The molecule has 0 bridgehead atoms. The lowest BCUT2D eigenvalue weighted by Crippen LogP contribution is -2.16. The zero-order chi connectivity index (χ0) is 12.7. The second-order valence-corrected chi connectivity index (χ2v) is 3.47. The number of nitrogens with one attached hydrogen (secondary N) is 1. The Morgan fingerprint density at radius 2 is 2.06 bits per heavy atom. The first-order chi connectivity index (χ1) is 8.11. The van der Waals surface area contributed by atoms with Gasteiger partial charge in [0.2, 0.25) is 5.91 Å². The first-order valence-electron chi connectivity index (χ1n) is 5.13. The maximum atomic E-state index is 11.2. The summed E-state index contributed by atoms with van der Waals surface area (Å²) >= 11 is 0. The van der Waals surface area contributed by atoms with Gasteiger partial charge in [-0.2, -0.15) is 0 Å². The van der Waals surface area contributed by atoms with Crippen LogP contribution >= 0.6 is 0 Å². The van der Waals surface area contributed by atoms with E-state index in [2.05, 4.69) is 10.1 Å². The van der Waals surface area contributed by atoms with E-state index < -0.39 is 0 Å². The minimum Gasteiger partial charge on any atom is -0.486 e. The zero-order valence-corrected chi connectivity index (χ0v) is 9.86. The molecule has 5 heteroatoms. The minimum absolute atomic E-state index is 0.0331. The number of methoxy groups -OCH3 is 1. The Balaban J connectivity index is 2.53. The Hall–Kier alpha value is -1.88. The summed E-state index contributed by atoms with van der Waals surface area (Å²) in [5.74, 6) is 0.232. The van der Waals surface area contributed by atoms with Crippen molar-refractivity contribution in [3.63, 3.8) is 0 Å². The van der Waals surface area contributed by atoms with E-state index in [-0.39, 0.29) is 24.9 Å². The van der Waals surface area contributed by atoms with Crippen molar-refractivity contribution in [2.75, 3.05) is 25.6 Å². The summed E-state index contributed by atoms with van der Waals surface area (Å²) in [5, 5.41) is 2.63. The van der Waals surface area contributed by atoms with Crippen LogP contribution in [-0.4, -0.2) is 32.0 Å². The predicted molar refractivity (Wildman–Crippen MR) is 63.1 cm³/mol. The van der Waals surface area contributed by atoms with E-state index in [9.17, 15) is 9.59 Å². The number of hydrogen-bond acceptors (Lipinski definition) is 4. The maximum absolute atomic E-state index is 11.2. The van der Waals surface area contributed by atoms with E-state index in [4.69, 9.17) is 4.74 Å². The highest BCUT2D eigenvalue weighted by molar-refractivity contribution is 5.88. The highest BCUT2D eigenvalue weighted by atomic mass is 16.5. The molecule has 1 amide bonds. The van der Waals surface area contributed by atoms with Gasteiger partial charge < -0.3 is 14.8 Å². The molecular formula is C12H15NO4. The van der Waals surface area contributed by atoms with Crippen LogP contribution in [0.5, 0.6) is 5.75 Å². The smallest absolute Gasteiger partial charge is 0.221 e. The summed E-state index contributed by atoms with van der Waals surface area (Å²) in [4.78, 5) is 22.0. The van der Waals surface area contributed by atoms with E-state index in [1.165, 1.54) is 14.0 Å². The van der Waals surface area contributed by atoms with Crippen LogP contribution in [0.15, 0.2) is 24.3 Å². The number of benzene rings is 1. The fourth-order valence-corrected chi connectivity index (χ4v) is 1.23. The van der Waals surface area contributed by atoms with Crippen LogP contribution in [0, 0.1) is 0 Å². The number of amides is 1. The molecule has 0 fully saturated rings. The second-order valence-electron chi connectivity index (χ2n) is 3.47. The molecule has 1 N–H and O–H groups in total. The molecule has 92 valence electrons. The number of Topliss-reactive ketones (excluding diaryl/α,β-unsaturated/α-hetero) is 1. The second kappa shape index (κ2) is 6.65. The highest BCUT2D eigenvalue weighted by Crippen LogP contribution is 2.17. The van der Waals surface area contributed by atoms with E-state index >= 15 is 0 Å². The molecule has 0 saturated heterocycles. The summed E-state index contributed by atoms with van der Waals surface area (Å²) in [6, 6.07) is 6.85. The Morgan fingerprint density at radius 1 is 1.29 bits per heavy atom. The third-order valence-electron chi connectivity index (χ3n) is 1.86. The lowest BCUT2D eigenvalue weighted by molar-refractivity contribution is -0.124. The zero-order valence-electron chi connectivity index (χ0n) is 9.86. The minimum atomic E-state index is -0.155. The molecule has 1 rings (SSSR count). The summed E-state index contributed by atoms with van der Waals surface area (Å²) < 4.78 is 9.94. The van der Waals surface area contributed by atoms with Gasteiger partial charge in [0, 0.05) is 25.8 Å². The first-order valence-corrected chi connectivity index (χ1v) is 5.13. The van der Waals surface area contributed by atoms with Gasteiger partial charge in [0.05, 0.1) is 0 Å². The molecule has 0 spiro atoms. The monoisotopic (exact) mass is 237 g/mol. The van der Waals surface area contributed by atoms with Crippen LogP contribution in [0.4, 0.5) is 5.69 Å². The topological polar surface area (TPSA) is 64.6 Å². The number of anilines is 1. The number of rotatable bonds is 6. The molecule has 1 aromatic rings. The van der Waals surface area contributed by atoms with Crippen LogP contribution in [-0.2, 0) is 14.3 Å². The van der Waals surface area contributed by atoms with Gasteiger partial charge in [-0.25, -0.2) is 0 Å². The van der Waals surface area contributed by atoms with Gasteiger partial charge in [-0.1, -0.05) is 6.07 Å². The third kappa shape index (κ3) is 5.12. The van der Waals surface area contributed by atoms with E-state index in [1.807, 2.05) is 0 Å². The Morgan fingerprint density at radius 3 is 2.71 bits per heavy atom. The molecule has 0 aliphatic carbocycles. The number of ether oxygens (including phenoxy) is 2. The van der Waals surface area contributed by atoms with Gasteiger partial charge in [0.25, 0.3) is 0 Å². The molecule has 0 saturated carbocycles. The van der Waals surface area contributed by atoms with Crippen molar-refractivity contribution in [2.24, 2.45) is 0 Å². The highest BCUT2D eigenvalue weighted by Gasteiger charge is 2.03. The lowest BCUT2D eigenvalue weighted by Gasteiger charge is -2.07. The molecule has 1 aromatic carbocycles. The van der Waals surface area contributed by atoms with E-state index in [0.717, 1.165) is 0 Å². The predicted octanol–water partition coefficient (Wildman–Crippen LogP) is 1.24. The SMILES string of the molecule is COCC(=O)COc1cccc(NC(C)=O)c1. The van der Waals surface area contributed by atoms with Crippen LogP contribution in [0.25, 0.3) is 0 Å². The van der Waals surface area contributed by atoms with Gasteiger partial charge in [-0.15, -0.1) is 0 Å². The van der Waals surface area contributed by atoms with Gasteiger partial charge in [0.1, 0.15) is 19.0 Å². The Kier molecular flexibility index (Phi) is 5.16. The number of ketones is 1. The van der Waals surface area contributed by atoms with Gasteiger partial charge in [-0.3, -0.25) is 9.59 Å². The molecular weight excluding hydrogens is 222 g/mol. The normalized spacial score (nSPS) is 9.76. The number of hydrogen-bond donors (Lipinski definition) is 1. The van der Waals surface area contributed by atoms with Gasteiger partial charge >= 0.3 is 0 Å². The molecule has 0 atom stereocenters. The molecule has 5 nitrogen and oxygen atoms in total. The van der Waals surface area contributed by atoms with Crippen molar-refractivity contribution in [3.8, 4) is 5.75 Å². The first kappa shape index (κ1) is 13.2. The number of carbonyl (C=O) groups excluding carboxylic acids is 2. The summed E-state index contributed by atoms with van der Waals surface area (Å²) in [7, 11) is 1.45. The average Bonchev–Trinajstić information content (AvgIpc) is 2.26. The van der Waals surface area contributed by atoms with E-state index in [1.54, 1.807) is 24.3 Å². The molecule has 0 radical (unpaired) electrons. The van der Waals surface area contributed by atoms with Crippen LogP contribution in [0.3, 0.4) is 0 Å². The van der Waals surface area contributed by atoms with Crippen LogP contribution in [0.1, 0.15) is 6.92 Å². The fourth-order valence-electron chi connectivity index (χ4n) is 1.23. The van der Waals surface area contributed by atoms with Gasteiger partial charge in [-0.05, 0) is 12.1 Å². The Bertz CT molecular complexity index is 403. The van der Waals surface area contributed by atoms with Crippen molar-refractivity contribution in [2.45, 2.75) is 6.92 Å². The standard InChI is InChI=1S/C12H15NO4/c1-9(14)13-10-4-3-5-12(6-10)17-8-11(15)7-16-2/h3-6H,7-8H2,1-2H3,(H,13,14). The molecule has 17 heavy (non-hydrogen) atoms. The molecule has 0 unspecified atom stereocenters. The summed E-state index contributed by atoms with van der Waals surface area (Å²) in [5.41, 5.74) is 0.634. The molecule has 0 heterocycles. The van der Waals surface area contributed by atoms with Crippen molar-refractivity contribution >= 4 is 17.4 Å². The third-order valence-corrected chi connectivity index (χ3v) is 1.86. The number of carbonyl (C=O) groups is 2. The largest absolute Gasteiger partial charge is 0.486 e. The van der Waals surface area contributed by atoms with Gasteiger partial charge in [0.15, 0.2) is 5.78 Å². The van der Waals surface area contributed by atoms with Crippen molar-refractivity contribution < 1.29 is 19.1 Å². The average molecular weight is 237 g/mol. The van der Waals surface area contributed by atoms with Crippen molar-refractivity contribution in [1.29, 1.82) is 0 Å². The summed E-state index contributed by atoms with van der Waals surface area (Å²) in [6.45, 7) is 1.42. The summed E-state index contributed by atoms with van der Waals surface area (Å²) in [6.07, 6.45) is 0.